The molecule has 0 spiro atoms. The second-order valence-electron chi connectivity index (χ2n) is 2.55. The van der Waals surface area contributed by atoms with Crippen molar-refractivity contribution in [1.82, 2.24) is 0 Å². The van der Waals surface area contributed by atoms with Crippen LogP contribution in [0.1, 0.15) is 34.6 Å². The second kappa shape index (κ2) is 10.1. The van der Waals surface area contributed by atoms with E-state index in [4.69, 9.17) is 0 Å². The molecule has 0 aromatic rings. The minimum absolute atomic E-state index is 0. The monoisotopic (exact) mass is 218 g/mol. The summed E-state index contributed by atoms with van der Waals surface area (Å²) in [6.07, 6.45) is 0. The van der Waals surface area contributed by atoms with Crippen LogP contribution in [0, 0.1) is 6.92 Å². The summed E-state index contributed by atoms with van der Waals surface area (Å²) in [6, 6.07) is 0. The molecule has 0 aliphatic heterocycles. The Morgan fingerprint density at radius 1 is 1.20 bits per heavy atom. The van der Waals surface area contributed by atoms with Crippen molar-refractivity contribution in [2.24, 2.45) is 0 Å². The molecular weight excluding hydrogens is 199 g/mol. The first-order valence-corrected chi connectivity index (χ1v) is 3.54. The summed E-state index contributed by atoms with van der Waals surface area (Å²) in [7, 11) is 0. The molecule has 0 aromatic carbocycles. The molecule has 0 aliphatic carbocycles. The Morgan fingerprint density at radius 3 is 1.50 bits per heavy atom. The van der Waals surface area contributed by atoms with Gasteiger partial charge in [-0.2, -0.15) is 0 Å². The summed E-state index contributed by atoms with van der Waals surface area (Å²) in [5.74, 6) is 0. The average molecular weight is 218 g/mol. The van der Waals surface area contributed by atoms with E-state index in [2.05, 4.69) is 33.0 Å². The Bertz CT molecular complexity index is 47.7. The molecule has 10 heavy (non-hydrogen) atoms. The molecule has 0 bridgehead atoms. The van der Waals surface area contributed by atoms with Gasteiger partial charge in [0.05, 0.1) is 0 Å². The predicted octanol–water partition coefficient (Wildman–Crippen LogP) is 3.02. The smallest absolute Gasteiger partial charge is 0 e. The summed E-state index contributed by atoms with van der Waals surface area (Å²) in [5.41, 5.74) is 0.113. The maximum absolute atomic E-state index is 4.15. The molecule has 2 heteroatoms. The molecule has 0 fully saturated rings. The van der Waals surface area contributed by atoms with Crippen LogP contribution in [0.5, 0.6) is 0 Å². The Morgan fingerprint density at radius 2 is 1.50 bits per heavy atom. The van der Waals surface area contributed by atoms with Gasteiger partial charge in [0.1, 0.15) is 0 Å². The number of rotatable bonds is 1. The van der Waals surface area contributed by atoms with E-state index in [0.717, 1.165) is 0 Å². The predicted molar refractivity (Wildman–Crippen MR) is 44.7 cm³/mol. The fraction of sp³-hybridized carbons (Fsp3) is 0.875. The van der Waals surface area contributed by atoms with Crippen LogP contribution in [0.2, 0.25) is 0 Å². The normalized spacial score (nSPS) is 9.00. The first-order chi connectivity index (χ1) is 4.06. The fourth-order valence-corrected chi connectivity index (χ4v) is 0.335. The molecule has 0 heterocycles. The van der Waals surface area contributed by atoms with Gasteiger partial charge in [-0.05, 0) is 0 Å². The van der Waals surface area contributed by atoms with Crippen LogP contribution in [-0.2, 0) is 32.7 Å². The Hall–Kier alpha value is 1.06. The molecule has 0 aromatic heterocycles. The Kier molecular flexibility index (Phi) is 17.3. The van der Waals surface area contributed by atoms with Crippen molar-refractivity contribution in [2.75, 3.05) is 6.54 Å². The van der Waals surface area contributed by atoms with Gasteiger partial charge in [-0.15, -0.1) is 5.54 Å². The van der Waals surface area contributed by atoms with Crippen molar-refractivity contribution in [2.45, 2.75) is 40.2 Å². The van der Waals surface area contributed by atoms with Crippen molar-refractivity contribution < 1.29 is 32.7 Å². The topological polar surface area (TPSA) is 14.1 Å². The third-order valence-corrected chi connectivity index (χ3v) is 0.586. The zero-order valence-electron chi connectivity index (χ0n) is 7.94. The molecule has 0 saturated carbocycles. The molecule has 61 valence electrons. The molecule has 0 saturated heterocycles. The van der Waals surface area contributed by atoms with E-state index in [0.29, 0.717) is 6.54 Å². The van der Waals surface area contributed by atoms with Gasteiger partial charge in [-0.3, -0.25) is 6.54 Å². The van der Waals surface area contributed by atoms with E-state index in [9.17, 15) is 0 Å². The van der Waals surface area contributed by atoms with Crippen molar-refractivity contribution in [3.05, 3.63) is 12.2 Å². The first kappa shape index (κ1) is 17.2. The van der Waals surface area contributed by atoms with Gasteiger partial charge in [0, 0.05) is 32.7 Å². The SMILES string of the molecule is CC.[CH2-]C[N-]C(C)(C)C.[Y]. The van der Waals surface area contributed by atoms with Crippen molar-refractivity contribution in [3.63, 3.8) is 0 Å². The summed E-state index contributed by atoms with van der Waals surface area (Å²) < 4.78 is 0. The van der Waals surface area contributed by atoms with E-state index in [1.807, 2.05) is 13.8 Å². The maximum Gasteiger partial charge on any atom is 0 e. The number of nitrogens with zero attached hydrogens (tertiary/aromatic N) is 1. The number of hydrogen-bond donors (Lipinski definition) is 0. The van der Waals surface area contributed by atoms with Crippen molar-refractivity contribution >= 4 is 0 Å². The quantitative estimate of drug-likeness (QED) is 0.600. The summed E-state index contributed by atoms with van der Waals surface area (Å²) in [5, 5.41) is 4.15. The molecule has 0 atom stereocenters. The van der Waals surface area contributed by atoms with Crippen molar-refractivity contribution in [1.29, 1.82) is 0 Å². The van der Waals surface area contributed by atoms with Crippen LogP contribution in [0.25, 0.3) is 5.32 Å². The minimum Gasteiger partial charge on any atom is -0.684 e. The zero-order chi connectivity index (χ0) is 7.91. The maximum atomic E-state index is 4.15. The molecule has 0 rings (SSSR count). The molecule has 0 amide bonds. The summed E-state index contributed by atoms with van der Waals surface area (Å²) in [6.45, 7) is 14.5. The third kappa shape index (κ3) is 23.0. The van der Waals surface area contributed by atoms with E-state index >= 15 is 0 Å². The summed E-state index contributed by atoms with van der Waals surface area (Å²) in [4.78, 5) is 0. The molecule has 1 nitrogen and oxygen atoms in total. The van der Waals surface area contributed by atoms with Crippen LogP contribution in [0.3, 0.4) is 0 Å². The standard InChI is InChI=1S/C6H13N.C2H6.Y/c1-5-7-6(2,3)4;1-2;/h1,5H2,2-4H3;1-2H3;/q-2;;. The van der Waals surface area contributed by atoms with E-state index in [-0.39, 0.29) is 38.2 Å². The average Bonchev–Trinajstić information content (AvgIpc) is 1.69. The van der Waals surface area contributed by atoms with E-state index < -0.39 is 0 Å². The van der Waals surface area contributed by atoms with Gasteiger partial charge >= 0.3 is 0 Å². The third-order valence-electron chi connectivity index (χ3n) is 0.586. The van der Waals surface area contributed by atoms with Gasteiger partial charge < -0.3 is 12.2 Å². The summed E-state index contributed by atoms with van der Waals surface area (Å²) >= 11 is 0. The largest absolute Gasteiger partial charge is 0.684 e. The van der Waals surface area contributed by atoms with Crippen LogP contribution in [-0.4, -0.2) is 12.1 Å². The van der Waals surface area contributed by atoms with Gasteiger partial charge in [-0.1, -0.05) is 34.6 Å². The molecular formula is C8H19NY-2. The molecule has 1 radical (unpaired) electrons. The van der Waals surface area contributed by atoms with Gasteiger partial charge in [0.2, 0.25) is 0 Å². The van der Waals surface area contributed by atoms with E-state index in [1.165, 1.54) is 0 Å². The van der Waals surface area contributed by atoms with Gasteiger partial charge in [-0.25, -0.2) is 0 Å². The van der Waals surface area contributed by atoms with Crippen LogP contribution < -0.4 is 0 Å². The van der Waals surface area contributed by atoms with E-state index in [1.54, 1.807) is 0 Å². The zero-order valence-corrected chi connectivity index (χ0v) is 10.8. The molecule has 0 aliphatic rings. The van der Waals surface area contributed by atoms with Gasteiger partial charge in [0.25, 0.3) is 0 Å². The molecule has 0 unspecified atom stereocenters. The van der Waals surface area contributed by atoms with Crippen LogP contribution in [0.15, 0.2) is 0 Å². The Balaban J connectivity index is -0.000000149. The van der Waals surface area contributed by atoms with Gasteiger partial charge in [0.15, 0.2) is 0 Å². The first-order valence-electron chi connectivity index (χ1n) is 3.54. The minimum atomic E-state index is 0. The Labute approximate surface area is 91.2 Å². The fourth-order valence-electron chi connectivity index (χ4n) is 0.335. The number of hydrogen-bond acceptors (Lipinski definition) is 0. The molecule has 0 N–H and O–H groups in total. The van der Waals surface area contributed by atoms with Crippen LogP contribution in [0.4, 0.5) is 0 Å². The second-order valence-corrected chi connectivity index (χ2v) is 2.55. The van der Waals surface area contributed by atoms with Crippen molar-refractivity contribution in [3.8, 4) is 0 Å². The van der Waals surface area contributed by atoms with Crippen LogP contribution >= 0.6 is 0 Å².